The highest BCUT2D eigenvalue weighted by Crippen LogP contribution is 2.47. The number of halogens is 1. The maximum absolute atomic E-state index is 13.6. The van der Waals surface area contributed by atoms with Gasteiger partial charge in [0.15, 0.2) is 0 Å². The number of hydrogen-bond donors (Lipinski definition) is 2. The van der Waals surface area contributed by atoms with Crippen LogP contribution >= 0.6 is 11.6 Å². The third-order valence-electron chi connectivity index (χ3n) is 11.2. The first-order chi connectivity index (χ1) is 23.9. The fourth-order valence-corrected chi connectivity index (χ4v) is 9.45. The van der Waals surface area contributed by atoms with Gasteiger partial charge in [0.05, 0.1) is 43.1 Å². The molecule has 2 aromatic rings. The molecule has 5 atom stereocenters. The van der Waals surface area contributed by atoms with Gasteiger partial charge in [-0.05, 0) is 106 Å². The number of alkyl carbamates (subject to hydrolysis) is 1. The number of ether oxygens (including phenoxy) is 4. The van der Waals surface area contributed by atoms with Crippen molar-refractivity contribution in [2.75, 3.05) is 51.0 Å². The van der Waals surface area contributed by atoms with Gasteiger partial charge in [-0.25, -0.2) is 17.9 Å². The maximum Gasteiger partial charge on any atom is 0.407 e. The minimum Gasteiger partial charge on any atom is -0.490 e. The molecule has 2 amide bonds. The molecule has 0 radical (unpaired) electrons. The van der Waals surface area contributed by atoms with Crippen molar-refractivity contribution in [3.63, 3.8) is 0 Å². The lowest BCUT2D eigenvalue weighted by Gasteiger charge is -2.46. The number of carbonyl (C=O) groups is 2. The van der Waals surface area contributed by atoms with Gasteiger partial charge in [-0.3, -0.25) is 4.79 Å². The van der Waals surface area contributed by atoms with Crippen molar-refractivity contribution in [1.82, 2.24) is 10.0 Å². The molecule has 3 aliphatic heterocycles. The number of nitrogens with one attached hydrogen (secondary N) is 2. The monoisotopic (exact) mass is 727 g/mol. The minimum atomic E-state index is -4.23. The van der Waals surface area contributed by atoms with E-state index in [1.165, 1.54) is 31.0 Å². The Bertz CT molecular complexity index is 1760. The van der Waals surface area contributed by atoms with Crippen LogP contribution < -0.4 is 19.7 Å². The first kappa shape index (κ1) is 35.1. The second-order valence-corrected chi connectivity index (χ2v) is 17.0. The van der Waals surface area contributed by atoms with Gasteiger partial charge in [-0.1, -0.05) is 29.8 Å². The van der Waals surface area contributed by atoms with E-state index in [1.807, 2.05) is 18.2 Å². The largest absolute Gasteiger partial charge is 0.490 e. The van der Waals surface area contributed by atoms with Crippen molar-refractivity contribution < 1.29 is 37.0 Å². The number of nitrogens with zero attached hydrogens (tertiary/aromatic N) is 1. The molecule has 1 spiro atoms. The van der Waals surface area contributed by atoms with Gasteiger partial charge in [0, 0.05) is 36.1 Å². The van der Waals surface area contributed by atoms with Crippen LogP contribution in [0, 0.1) is 17.8 Å². The Morgan fingerprint density at radius 1 is 1.16 bits per heavy atom. The molecule has 2 aromatic carbocycles. The molecule has 1 saturated heterocycles. The van der Waals surface area contributed by atoms with Crippen molar-refractivity contribution in [3.8, 4) is 5.75 Å². The van der Waals surface area contributed by atoms with Gasteiger partial charge in [0.25, 0.3) is 15.9 Å². The Kier molecular flexibility index (Phi) is 9.83. The van der Waals surface area contributed by atoms with E-state index in [0.29, 0.717) is 49.4 Å². The Hall–Kier alpha value is -3.32. The van der Waals surface area contributed by atoms with Gasteiger partial charge < -0.3 is 29.2 Å². The van der Waals surface area contributed by atoms with Crippen LogP contribution in [0.4, 0.5) is 10.5 Å². The summed E-state index contributed by atoms with van der Waals surface area (Å²) in [4.78, 5) is 28.3. The van der Waals surface area contributed by atoms with Crippen LogP contribution in [0.5, 0.6) is 5.75 Å². The number of sulfonamides is 1. The molecular weight excluding hydrogens is 682 g/mol. The van der Waals surface area contributed by atoms with Crippen molar-refractivity contribution in [1.29, 1.82) is 0 Å². The molecule has 270 valence electrons. The van der Waals surface area contributed by atoms with E-state index in [1.54, 1.807) is 12.1 Å². The SMILES string of the molecule is CC1(C)OC/C=C/[C@H](COC(=O)N[C@@H]2CCOC2)[C@@H]2CC[C@H]2CN2C[C@@]3(CCCc4cc(Cl)ccc43)COc3ccc(cc32)S(=O)(=O)NC1=O. The third-order valence-corrected chi connectivity index (χ3v) is 12.7. The molecule has 0 aromatic heterocycles. The van der Waals surface area contributed by atoms with Crippen LogP contribution in [0.3, 0.4) is 0 Å². The molecule has 11 nitrogen and oxygen atoms in total. The Labute approximate surface area is 299 Å². The standard InChI is InChI=1S/C37H46ClN3O8S/c1-36(2)34(42)40-50(44,45)29-9-12-33-32(18-29)41(22-37(23-48-33)14-3-5-24-17-27(38)8-11-31(24)37)19-25-7-10-30(25)26(6-4-15-49-36)20-47-35(43)39-28-13-16-46-21-28/h4,6,8-9,11-12,17-18,25-26,28,30H,3,5,7,10,13-16,19-23H2,1-2H3,(H,39,43)(H,40,42)/b6-4+/t25-,26+,28+,30+,37-/m0/s1. The van der Waals surface area contributed by atoms with Gasteiger partial charge in [-0.15, -0.1) is 0 Å². The van der Waals surface area contributed by atoms with Crippen molar-refractivity contribution in [2.45, 2.75) is 74.3 Å². The molecule has 7 rings (SSSR count). The summed E-state index contributed by atoms with van der Waals surface area (Å²) in [6, 6.07) is 10.9. The van der Waals surface area contributed by atoms with Crippen LogP contribution in [0.15, 0.2) is 53.4 Å². The summed E-state index contributed by atoms with van der Waals surface area (Å²) < 4.78 is 53.1. The second-order valence-electron chi connectivity index (χ2n) is 14.9. The first-order valence-corrected chi connectivity index (χ1v) is 19.5. The molecule has 3 heterocycles. The lowest BCUT2D eigenvalue weighted by atomic mass is 9.66. The zero-order valence-electron chi connectivity index (χ0n) is 28.6. The zero-order chi connectivity index (χ0) is 35.1. The van der Waals surface area contributed by atoms with Crippen LogP contribution in [0.1, 0.15) is 57.1 Å². The molecule has 2 fully saturated rings. The van der Waals surface area contributed by atoms with E-state index >= 15 is 0 Å². The van der Waals surface area contributed by atoms with Crippen LogP contribution in [-0.2, 0) is 40.9 Å². The normalized spacial score (nSPS) is 30.8. The average Bonchev–Trinajstić information content (AvgIpc) is 3.52. The van der Waals surface area contributed by atoms with Gasteiger partial charge >= 0.3 is 6.09 Å². The highest BCUT2D eigenvalue weighted by atomic mass is 35.5. The summed E-state index contributed by atoms with van der Waals surface area (Å²) in [6.07, 6.45) is 8.90. The number of anilines is 1. The van der Waals surface area contributed by atoms with E-state index in [-0.39, 0.29) is 47.3 Å². The number of amides is 2. The predicted molar refractivity (Wildman–Crippen MR) is 188 cm³/mol. The van der Waals surface area contributed by atoms with Crippen molar-refractivity contribution in [3.05, 3.63) is 64.7 Å². The highest BCUT2D eigenvalue weighted by molar-refractivity contribution is 7.90. The Balaban J connectivity index is 1.24. The molecule has 2 N–H and O–H groups in total. The van der Waals surface area contributed by atoms with E-state index in [9.17, 15) is 18.0 Å². The summed E-state index contributed by atoms with van der Waals surface area (Å²) in [5.74, 6) is 0.172. The average molecular weight is 728 g/mol. The molecule has 50 heavy (non-hydrogen) atoms. The third kappa shape index (κ3) is 7.22. The van der Waals surface area contributed by atoms with Crippen LogP contribution in [0.2, 0.25) is 5.02 Å². The Morgan fingerprint density at radius 3 is 2.80 bits per heavy atom. The number of benzene rings is 2. The van der Waals surface area contributed by atoms with E-state index in [4.69, 9.17) is 30.5 Å². The summed E-state index contributed by atoms with van der Waals surface area (Å²) in [7, 11) is -4.23. The summed E-state index contributed by atoms with van der Waals surface area (Å²) in [6.45, 7) is 6.16. The number of hydrogen-bond acceptors (Lipinski definition) is 9. The second kappa shape index (κ2) is 14.0. The smallest absolute Gasteiger partial charge is 0.407 e. The minimum absolute atomic E-state index is 0.0251. The van der Waals surface area contributed by atoms with Crippen LogP contribution in [0.25, 0.3) is 0 Å². The van der Waals surface area contributed by atoms with Gasteiger partial charge in [-0.2, -0.15) is 0 Å². The quantitative estimate of drug-likeness (QED) is 0.413. The molecule has 2 bridgehead atoms. The van der Waals surface area contributed by atoms with Gasteiger partial charge in [0.2, 0.25) is 0 Å². The molecule has 1 saturated carbocycles. The van der Waals surface area contributed by atoms with Crippen molar-refractivity contribution >= 4 is 39.3 Å². The van der Waals surface area contributed by atoms with E-state index < -0.39 is 27.6 Å². The van der Waals surface area contributed by atoms with Gasteiger partial charge in [0.1, 0.15) is 11.4 Å². The zero-order valence-corrected chi connectivity index (χ0v) is 30.2. The molecule has 0 unspecified atom stereocenters. The van der Waals surface area contributed by atoms with Crippen LogP contribution in [-0.4, -0.2) is 78.2 Å². The number of rotatable bonds is 3. The fraction of sp³-hybridized carbons (Fsp3) is 0.568. The number of aryl methyl sites for hydroxylation is 1. The lowest BCUT2D eigenvalue weighted by Crippen LogP contribution is -2.49. The lowest BCUT2D eigenvalue weighted by molar-refractivity contribution is -0.139. The first-order valence-electron chi connectivity index (χ1n) is 17.6. The maximum atomic E-state index is 13.6. The Morgan fingerprint density at radius 2 is 2.02 bits per heavy atom. The summed E-state index contributed by atoms with van der Waals surface area (Å²) >= 11 is 6.44. The number of carbonyl (C=O) groups excluding carboxylic acids is 2. The van der Waals surface area contributed by atoms with E-state index in [2.05, 4.69) is 27.1 Å². The van der Waals surface area contributed by atoms with E-state index in [0.717, 1.165) is 38.5 Å². The highest BCUT2D eigenvalue weighted by Gasteiger charge is 2.45. The molecular formula is C37H46ClN3O8S. The molecule has 5 aliphatic rings. The molecule has 13 heteroatoms. The predicted octanol–water partition coefficient (Wildman–Crippen LogP) is 5.14. The summed E-state index contributed by atoms with van der Waals surface area (Å²) in [5.41, 5.74) is 1.33. The molecule has 2 aliphatic carbocycles. The summed E-state index contributed by atoms with van der Waals surface area (Å²) in [5, 5.41) is 3.61. The fourth-order valence-electron chi connectivity index (χ4n) is 8.14. The number of fused-ring (bicyclic) bond motifs is 4. The van der Waals surface area contributed by atoms with Crippen molar-refractivity contribution in [2.24, 2.45) is 17.8 Å². The topological polar surface area (TPSA) is 132 Å².